The fourth-order valence-corrected chi connectivity index (χ4v) is 1.84. The van der Waals surface area contributed by atoms with Crippen LogP contribution in [-0.4, -0.2) is 36.9 Å². The average molecular weight is 330 g/mol. The van der Waals surface area contributed by atoms with Crippen molar-refractivity contribution in [3.63, 3.8) is 0 Å². The van der Waals surface area contributed by atoms with Gasteiger partial charge in [0, 0.05) is 13.0 Å². The van der Waals surface area contributed by atoms with E-state index in [1.54, 1.807) is 0 Å². The molecule has 3 nitrogen and oxygen atoms in total. The molecule has 0 aromatic heterocycles. The van der Waals surface area contributed by atoms with E-state index in [9.17, 15) is 4.79 Å². The fraction of sp³-hybridized carbons (Fsp3) is 0.533. The first-order chi connectivity index (χ1) is 8.72. The highest BCUT2D eigenvalue weighted by Crippen LogP contribution is 2.19. The first-order valence-electron chi connectivity index (χ1n) is 6.70. The second-order valence-corrected chi connectivity index (χ2v) is 4.15. The van der Waals surface area contributed by atoms with Crippen molar-refractivity contribution in [2.24, 2.45) is 0 Å². The lowest BCUT2D eigenvalue weighted by molar-refractivity contribution is 0.0983. The Labute approximate surface area is 126 Å². The molecule has 108 valence electrons. The molecule has 0 unspecified atom stereocenters. The molecule has 0 atom stereocenters. The molecule has 19 heavy (non-hydrogen) atoms. The number of likely N-dealkylation sites (N-methyl/N-ethyl adjacent to an activating group) is 1. The summed E-state index contributed by atoms with van der Waals surface area (Å²) >= 11 is 0. The number of ketones is 1. The van der Waals surface area contributed by atoms with Gasteiger partial charge in [-0.2, -0.15) is 0 Å². The first-order valence-corrected chi connectivity index (χ1v) is 6.70. The molecule has 0 aliphatic rings. The Morgan fingerprint density at radius 2 is 1.79 bits per heavy atom. The number of nitrogens with zero attached hydrogens (tertiary/aromatic N) is 1. The van der Waals surface area contributed by atoms with Gasteiger partial charge in [-0.25, -0.2) is 0 Å². The molecule has 0 saturated carbocycles. The van der Waals surface area contributed by atoms with E-state index in [4.69, 9.17) is 4.74 Å². The van der Waals surface area contributed by atoms with Gasteiger partial charge < -0.3 is 9.64 Å². The van der Waals surface area contributed by atoms with Crippen LogP contribution in [0.3, 0.4) is 0 Å². The molecule has 0 aliphatic heterocycles. The molecule has 0 aliphatic carbocycles. The molecule has 1 aromatic carbocycles. The molecule has 1 rings (SSSR count). The summed E-state index contributed by atoms with van der Waals surface area (Å²) in [4.78, 5) is 14.0. The number of para-hydroxylation sites is 1. The SMILES string of the molecule is Br.CCC(=O)c1ccccc1OCCN(CC)CC. The van der Waals surface area contributed by atoms with Crippen molar-refractivity contribution in [3.8, 4) is 5.75 Å². The molecule has 0 radical (unpaired) electrons. The maximum absolute atomic E-state index is 11.8. The van der Waals surface area contributed by atoms with Crippen molar-refractivity contribution in [1.82, 2.24) is 4.90 Å². The number of carbonyl (C=O) groups is 1. The highest BCUT2D eigenvalue weighted by Gasteiger charge is 2.10. The molecule has 0 bridgehead atoms. The van der Waals surface area contributed by atoms with E-state index in [1.165, 1.54) is 0 Å². The summed E-state index contributed by atoms with van der Waals surface area (Å²) in [5.74, 6) is 0.838. The predicted molar refractivity (Wildman–Crippen MR) is 84.7 cm³/mol. The molecule has 1 aromatic rings. The Bertz CT molecular complexity index is 378. The molecule has 0 amide bonds. The maximum atomic E-state index is 11.8. The number of rotatable bonds is 8. The van der Waals surface area contributed by atoms with Crippen LogP contribution in [0.4, 0.5) is 0 Å². The van der Waals surface area contributed by atoms with Gasteiger partial charge in [0.15, 0.2) is 5.78 Å². The Balaban J connectivity index is 0.00000324. The Kier molecular flexibility index (Phi) is 9.53. The van der Waals surface area contributed by atoms with E-state index in [2.05, 4.69) is 18.7 Å². The molecule has 0 saturated heterocycles. The van der Waals surface area contributed by atoms with Crippen molar-refractivity contribution in [1.29, 1.82) is 0 Å². The average Bonchev–Trinajstić information content (AvgIpc) is 2.43. The number of benzene rings is 1. The zero-order valence-electron chi connectivity index (χ0n) is 12.0. The summed E-state index contributed by atoms with van der Waals surface area (Å²) in [5, 5.41) is 0. The summed E-state index contributed by atoms with van der Waals surface area (Å²) in [6.45, 7) is 9.70. The number of halogens is 1. The van der Waals surface area contributed by atoms with Gasteiger partial charge >= 0.3 is 0 Å². The Hall–Kier alpha value is -0.870. The Morgan fingerprint density at radius 3 is 2.37 bits per heavy atom. The van der Waals surface area contributed by atoms with Crippen molar-refractivity contribution in [2.45, 2.75) is 27.2 Å². The van der Waals surface area contributed by atoms with Gasteiger partial charge in [-0.1, -0.05) is 32.9 Å². The van der Waals surface area contributed by atoms with Crippen molar-refractivity contribution >= 4 is 22.8 Å². The Morgan fingerprint density at radius 1 is 1.16 bits per heavy atom. The lowest BCUT2D eigenvalue weighted by Crippen LogP contribution is -2.28. The van der Waals surface area contributed by atoms with E-state index in [0.717, 1.165) is 19.6 Å². The third-order valence-electron chi connectivity index (χ3n) is 3.07. The number of ether oxygens (including phenoxy) is 1. The normalized spacial score (nSPS) is 10.1. The van der Waals surface area contributed by atoms with Gasteiger partial charge in [-0.05, 0) is 25.2 Å². The summed E-state index contributed by atoms with van der Waals surface area (Å²) in [6, 6.07) is 7.48. The minimum Gasteiger partial charge on any atom is -0.491 e. The van der Waals surface area contributed by atoms with Crippen LogP contribution in [0.5, 0.6) is 5.75 Å². The van der Waals surface area contributed by atoms with Gasteiger partial charge in [0.05, 0.1) is 5.56 Å². The zero-order chi connectivity index (χ0) is 13.4. The molecule has 0 N–H and O–H groups in total. The van der Waals surface area contributed by atoms with Crippen LogP contribution in [0.2, 0.25) is 0 Å². The van der Waals surface area contributed by atoms with Crippen LogP contribution in [0.15, 0.2) is 24.3 Å². The molecule has 0 fully saturated rings. The third kappa shape index (κ3) is 5.74. The third-order valence-corrected chi connectivity index (χ3v) is 3.07. The van der Waals surface area contributed by atoms with Crippen molar-refractivity contribution in [3.05, 3.63) is 29.8 Å². The first kappa shape index (κ1) is 18.1. The van der Waals surface area contributed by atoms with Crippen LogP contribution < -0.4 is 4.74 Å². The molecule has 0 heterocycles. The number of hydrogen-bond acceptors (Lipinski definition) is 3. The zero-order valence-corrected chi connectivity index (χ0v) is 13.7. The molecular weight excluding hydrogens is 306 g/mol. The van der Waals surface area contributed by atoms with Crippen LogP contribution in [-0.2, 0) is 0 Å². The molecule has 4 heteroatoms. The van der Waals surface area contributed by atoms with E-state index in [1.807, 2.05) is 31.2 Å². The highest BCUT2D eigenvalue weighted by atomic mass is 79.9. The largest absolute Gasteiger partial charge is 0.491 e. The van der Waals surface area contributed by atoms with Gasteiger partial charge in [0.1, 0.15) is 12.4 Å². The highest BCUT2D eigenvalue weighted by molar-refractivity contribution is 8.93. The van der Waals surface area contributed by atoms with Crippen LogP contribution in [0.25, 0.3) is 0 Å². The minimum atomic E-state index is 0. The van der Waals surface area contributed by atoms with E-state index >= 15 is 0 Å². The monoisotopic (exact) mass is 329 g/mol. The smallest absolute Gasteiger partial charge is 0.166 e. The topological polar surface area (TPSA) is 29.5 Å². The van der Waals surface area contributed by atoms with Gasteiger partial charge in [-0.3, -0.25) is 4.79 Å². The second-order valence-electron chi connectivity index (χ2n) is 4.15. The number of Topliss-reactive ketones (excluding diaryl/α,β-unsaturated/α-hetero) is 1. The second kappa shape index (κ2) is 9.98. The molecule has 0 spiro atoms. The van der Waals surface area contributed by atoms with Gasteiger partial charge in [0.25, 0.3) is 0 Å². The quantitative estimate of drug-likeness (QED) is 0.683. The van der Waals surface area contributed by atoms with Gasteiger partial charge in [0.2, 0.25) is 0 Å². The van der Waals surface area contributed by atoms with Crippen molar-refractivity contribution in [2.75, 3.05) is 26.2 Å². The standard InChI is InChI=1S/C15H23NO2.BrH/c1-4-14(17)13-9-7-8-10-15(13)18-12-11-16(5-2)6-3;/h7-10H,4-6,11-12H2,1-3H3;1H. The number of carbonyl (C=O) groups excluding carboxylic acids is 1. The molecular formula is C15H24BrNO2. The predicted octanol–water partition coefficient (Wildman–Crippen LogP) is 3.58. The lowest BCUT2D eigenvalue weighted by Gasteiger charge is -2.18. The summed E-state index contributed by atoms with van der Waals surface area (Å²) < 4.78 is 5.73. The minimum absolute atomic E-state index is 0. The van der Waals surface area contributed by atoms with Crippen molar-refractivity contribution < 1.29 is 9.53 Å². The van der Waals surface area contributed by atoms with Crippen LogP contribution >= 0.6 is 17.0 Å². The summed E-state index contributed by atoms with van der Waals surface area (Å²) in [6.07, 6.45) is 0.510. The van der Waals surface area contributed by atoms with E-state index < -0.39 is 0 Å². The maximum Gasteiger partial charge on any atom is 0.166 e. The van der Waals surface area contributed by atoms with Crippen LogP contribution in [0, 0.1) is 0 Å². The van der Waals surface area contributed by atoms with E-state index in [-0.39, 0.29) is 22.8 Å². The van der Waals surface area contributed by atoms with Gasteiger partial charge in [-0.15, -0.1) is 17.0 Å². The fourth-order valence-electron chi connectivity index (χ4n) is 1.84. The van der Waals surface area contributed by atoms with E-state index in [0.29, 0.717) is 24.3 Å². The summed E-state index contributed by atoms with van der Waals surface area (Å²) in [7, 11) is 0. The summed E-state index contributed by atoms with van der Waals surface area (Å²) in [5.41, 5.74) is 0.694. The number of hydrogen-bond donors (Lipinski definition) is 0. The van der Waals surface area contributed by atoms with Crippen LogP contribution in [0.1, 0.15) is 37.6 Å². The lowest BCUT2D eigenvalue weighted by atomic mass is 10.1.